The van der Waals surface area contributed by atoms with Crippen molar-refractivity contribution in [1.82, 2.24) is 14.5 Å². The third kappa shape index (κ3) is 10.1. The van der Waals surface area contributed by atoms with Gasteiger partial charge in [-0.15, -0.1) is 0 Å². The van der Waals surface area contributed by atoms with Crippen LogP contribution in [0.15, 0.2) is 152 Å². The number of aromatic nitrogens is 3. The first-order valence-electron chi connectivity index (χ1n) is 28.1. The summed E-state index contributed by atoms with van der Waals surface area (Å²) in [6.07, 6.45) is 1.81. The number of nitrogens with zero attached hydrogens (tertiary/aromatic N) is 3. The van der Waals surface area contributed by atoms with Gasteiger partial charge in [0.25, 0.3) is 0 Å². The topological polar surface area (TPSA) is 50.9 Å². The lowest BCUT2D eigenvalue weighted by molar-refractivity contribution is 0.446. The van der Waals surface area contributed by atoms with E-state index >= 15 is 0 Å². The Morgan fingerprint density at radius 1 is 0.500 bits per heavy atom. The average Bonchev–Trinajstić information content (AvgIpc) is 3.77. The number of hydrogen-bond donors (Lipinski definition) is 1. The maximum atomic E-state index is 12.6. The second-order valence-corrected chi connectivity index (χ2v) is 24.6. The zero-order valence-electron chi connectivity index (χ0n) is 49.5. The van der Waals surface area contributed by atoms with E-state index in [1.54, 1.807) is 12.1 Å². The van der Waals surface area contributed by atoms with Crippen LogP contribution in [-0.4, -0.2) is 19.6 Å². The monoisotopic (exact) mass is 979 g/mol. The summed E-state index contributed by atoms with van der Waals surface area (Å²) in [5.41, 5.74) is 19.1. The molecule has 0 unspecified atom stereocenters. The summed E-state index contributed by atoms with van der Waals surface area (Å²) in [6, 6.07) is 50.8. The van der Waals surface area contributed by atoms with E-state index in [9.17, 15) is 5.11 Å². The highest BCUT2D eigenvalue weighted by molar-refractivity contribution is 5.98. The number of rotatable bonds is 10. The van der Waals surface area contributed by atoms with Crippen LogP contribution in [0.25, 0.3) is 83.9 Å². The van der Waals surface area contributed by atoms with Crippen molar-refractivity contribution in [2.45, 2.75) is 145 Å². The average molecular weight is 979 g/mol. The zero-order chi connectivity index (χ0) is 55.7. The number of hydrogen-bond acceptors (Lipinski definition) is 3. The van der Waals surface area contributed by atoms with Gasteiger partial charge in [-0.1, -0.05) is 201 Å². The molecular formula is C70H77N3O. The van der Waals surface area contributed by atoms with Crippen molar-refractivity contribution in [3.05, 3.63) is 191 Å². The first-order chi connectivity index (χ1) is 36.1. The molecule has 0 aliphatic rings. The maximum absolute atomic E-state index is 12.6. The molecule has 0 amide bonds. The molecule has 2 aromatic heterocycles. The minimum atomic E-state index is -2.42. The summed E-state index contributed by atoms with van der Waals surface area (Å²) in [4.78, 5) is 10.5. The SMILES string of the molecule is [2H]C([2H])([2H])c1cc(-c2cc(-c3ccc(-c4c(C(C)C)cc(C(C)C)cc4C(C)C)cc3)ccn2)cc(-c2cccc3c2nc(-c2cc(C(C)(C)C)cc(C(C)(C)C)c2O)n3-c2ccc(C(C)(C)C)cc2-c2ccccc2)c1. The molecule has 4 nitrogen and oxygen atoms in total. The number of fused-ring (bicyclic) bond motifs is 1. The molecule has 0 saturated heterocycles. The summed E-state index contributed by atoms with van der Waals surface area (Å²) >= 11 is 0. The Balaban J connectivity index is 1.25. The van der Waals surface area contributed by atoms with Gasteiger partial charge in [0.1, 0.15) is 11.6 Å². The second kappa shape index (κ2) is 19.7. The molecule has 2 heterocycles. The normalized spacial score (nSPS) is 13.2. The summed E-state index contributed by atoms with van der Waals surface area (Å²) in [7, 11) is 0. The Bertz CT molecular complexity index is 3620. The van der Waals surface area contributed by atoms with E-state index in [2.05, 4.69) is 212 Å². The van der Waals surface area contributed by atoms with Crippen molar-refractivity contribution in [2.75, 3.05) is 0 Å². The fourth-order valence-electron chi connectivity index (χ4n) is 10.4. The highest BCUT2D eigenvalue weighted by atomic mass is 16.3. The number of phenols is 1. The third-order valence-corrected chi connectivity index (χ3v) is 14.8. The van der Waals surface area contributed by atoms with Crippen molar-refractivity contribution in [2.24, 2.45) is 0 Å². The molecule has 1 N–H and O–H groups in total. The van der Waals surface area contributed by atoms with E-state index in [-0.39, 0.29) is 27.6 Å². The predicted octanol–water partition coefficient (Wildman–Crippen LogP) is 19.7. The van der Waals surface area contributed by atoms with Crippen molar-refractivity contribution < 1.29 is 9.22 Å². The second-order valence-electron chi connectivity index (χ2n) is 24.6. The molecule has 9 rings (SSSR count). The summed E-state index contributed by atoms with van der Waals surface area (Å²) in [5.74, 6) is 1.94. The molecule has 0 spiro atoms. The largest absolute Gasteiger partial charge is 0.507 e. The Morgan fingerprint density at radius 2 is 1.14 bits per heavy atom. The standard InChI is InChI=1S/C70H77N3O/c1-42(2)50-36-56(43(3)4)64(57(37-50)44(5)6)48-27-25-46(26-28-48)49-31-32-71-61(38-49)52-34-45(7)33-51(35-52)55-23-20-24-63-65(55)72-67(59-40-54(69(11,12)13)41-60(66(59)74)70(14,15)16)73(63)62-30-29-53(68(8,9)10)39-58(62)47-21-18-17-19-22-47/h17-44,74H,1-16H3/i7D3. The summed E-state index contributed by atoms with van der Waals surface area (Å²) in [5, 5.41) is 12.6. The molecule has 0 aliphatic carbocycles. The van der Waals surface area contributed by atoms with E-state index in [4.69, 9.17) is 14.1 Å². The third-order valence-electron chi connectivity index (χ3n) is 14.8. The van der Waals surface area contributed by atoms with E-state index in [1.165, 1.54) is 33.4 Å². The lowest BCUT2D eigenvalue weighted by atomic mass is 9.79. The van der Waals surface area contributed by atoms with Gasteiger partial charge >= 0.3 is 0 Å². The number of aryl methyl sites for hydroxylation is 1. The highest BCUT2D eigenvalue weighted by Crippen LogP contribution is 2.47. The number of imidazole rings is 1. The van der Waals surface area contributed by atoms with Crippen LogP contribution in [0.1, 0.15) is 165 Å². The molecule has 9 aromatic rings. The van der Waals surface area contributed by atoms with E-state index in [0.29, 0.717) is 51.5 Å². The number of pyridine rings is 1. The maximum Gasteiger partial charge on any atom is 0.149 e. The first kappa shape index (κ1) is 47.9. The van der Waals surface area contributed by atoms with Crippen LogP contribution in [0.4, 0.5) is 0 Å². The Hall–Kier alpha value is -7.04. The fourth-order valence-corrected chi connectivity index (χ4v) is 10.4. The van der Waals surface area contributed by atoms with Gasteiger partial charge < -0.3 is 5.11 Å². The number of benzene rings is 7. The quantitative estimate of drug-likeness (QED) is 0.149. The Kier molecular flexibility index (Phi) is 12.7. The smallest absolute Gasteiger partial charge is 0.149 e. The van der Waals surface area contributed by atoms with Crippen molar-refractivity contribution in [3.63, 3.8) is 0 Å². The van der Waals surface area contributed by atoms with Gasteiger partial charge in [-0.05, 0) is 156 Å². The Morgan fingerprint density at radius 3 is 1.74 bits per heavy atom. The number of para-hydroxylation sites is 1. The molecular weight excluding hydrogens is 899 g/mol. The van der Waals surface area contributed by atoms with Gasteiger partial charge in [0.05, 0.1) is 28.0 Å². The zero-order valence-corrected chi connectivity index (χ0v) is 46.5. The molecule has 0 atom stereocenters. The van der Waals surface area contributed by atoms with Crippen LogP contribution < -0.4 is 0 Å². The predicted molar refractivity (Wildman–Crippen MR) is 316 cm³/mol. The molecule has 0 radical (unpaired) electrons. The van der Waals surface area contributed by atoms with Crippen LogP contribution in [0.3, 0.4) is 0 Å². The van der Waals surface area contributed by atoms with Gasteiger partial charge in [-0.25, -0.2) is 4.98 Å². The fraction of sp³-hybridized carbons (Fsp3) is 0.314. The van der Waals surface area contributed by atoms with Crippen molar-refractivity contribution in [3.8, 4) is 78.6 Å². The molecule has 378 valence electrons. The van der Waals surface area contributed by atoms with Crippen molar-refractivity contribution in [1.29, 1.82) is 0 Å². The summed E-state index contributed by atoms with van der Waals surface area (Å²) < 4.78 is 28.6. The first-order valence-corrected chi connectivity index (χ1v) is 26.6. The molecule has 0 fully saturated rings. The van der Waals surface area contributed by atoms with Crippen molar-refractivity contribution >= 4 is 11.0 Å². The molecule has 0 aliphatic heterocycles. The van der Waals surface area contributed by atoms with E-state index in [1.807, 2.05) is 36.5 Å². The van der Waals surface area contributed by atoms with Gasteiger partial charge in [0.15, 0.2) is 0 Å². The van der Waals surface area contributed by atoms with Gasteiger partial charge in [0.2, 0.25) is 0 Å². The molecule has 4 heteroatoms. The number of aromatic hydroxyl groups is 1. The lowest BCUT2D eigenvalue weighted by Gasteiger charge is -2.28. The van der Waals surface area contributed by atoms with Gasteiger partial charge in [-0.2, -0.15) is 0 Å². The van der Waals surface area contributed by atoms with Crippen LogP contribution in [0.2, 0.25) is 0 Å². The minimum Gasteiger partial charge on any atom is -0.507 e. The minimum absolute atomic E-state index is 0.129. The van der Waals surface area contributed by atoms with Crippen LogP contribution in [0, 0.1) is 6.85 Å². The highest BCUT2D eigenvalue weighted by Gasteiger charge is 2.30. The molecule has 7 aromatic carbocycles. The summed E-state index contributed by atoms with van der Waals surface area (Å²) in [6.45, 7) is 30.9. The lowest BCUT2D eigenvalue weighted by Crippen LogP contribution is -2.17. The Labute approximate surface area is 446 Å². The van der Waals surface area contributed by atoms with E-state index < -0.39 is 6.85 Å². The van der Waals surface area contributed by atoms with Crippen LogP contribution >= 0.6 is 0 Å². The molecule has 0 saturated carbocycles. The van der Waals surface area contributed by atoms with Gasteiger partial charge in [0, 0.05) is 32.6 Å². The van der Waals surface area contributed by atoms with Gasteiger partial charge in [-0.3, -0.25) is 9.55 Å². The molecule has 74 heavy (non-hydrogen) atoms. The van der Waals surface area contributed by atoms with Crippen LogP contribution in [-0.2, 0) is 16.2 Å². The number of phenolic OH excluding ortho intramolecular Hbond substituents is 1. The van der Waals surface area contributed by atoms with E-state index in [0.717, 1.165) is 50.1 Å². The molecule has 0 bridgehead atoms. The van der Waals surface area contributed by atoms with Crippen LogP contribution in [0.5, 0.6) is 5.75 Å².